The molecule has 1 aromatic rings. The van der Waals surface area contributed by atoms with E-state index in [1.807, 2.05) is 19.9 Å². The second-order valence-electron chi connectivity index (χ2n) is 11.0. The van der Waals surface area contributed by atoms with Crippen molar-refractivity contribution in [2.45, 2.75) is 119 Å². The van der Waals surface area contributed by atoms with E-state index in [9.17, 15) is 10.2 Å². The molecule has 0 spiro atoms. The number of aryl methyl sites for hydroxylation is 1. The molecule has 0 saturated heterocycles. The van der Waals surface area contributed by atoms with E-state index in [0.717, 1.165) is 48.0 Å². The average Bonchev–Trinajstić information content (AvgIpc) is 2.86. The molecule has 1 saturated carbocycles. The largest absolute Gasteiger partial charge is 0.508 e. The molecule has 0 bridgehead atoms. The van der Waals surface area contributed by atoms with Crippen molar-refractivity contribution in [3.8, 4) is 18.6 Å². The predicted molar refractivity (Wildman–Crippen MR) is 161 cm³/mol. The van der Waals surface area contributed by atoms with Gasteiger partial charge in [-0.05, 0) is 113 Å². The maximum Gasteiger partial charge on any atom is 0.119 e. The fourth-order valence-corrected chi connectivity index (χ4v) is 4.97. The van der Waals surface area contributed by atoms with Crippen molar-refractivity contribution in [3.05, 3.63) is 63.0 Å². The fraction of sp³-hybridized carbons (Fsp3) is 0.588. The van der Waals surface area contributed by atoms with Crippen molar-refractivity contribution in [1.29, 1.82) is 0 Å². The molecule has 37 heavy (non-hydrogen) atoms. The van der Waals surface area contributed by atoms with Gasteiger partial charge < -0.3 is 15.3 Å². The number of benzene rings is 1. The van der Waals surface area contributed by atoms with E-state index >= 15 is 0 Å². The molecule has 3 N–H and O–H groups in total. The van der Waals surface area contributed by atoms with Gasteiger partial charge in [-0.3, -0.25) is 0 Å². The number of rotatable bonds is 8. The van der Waals surface area contributed by atoms with Gasteiger partial charge in [-0.1, -0.05) is 63.3 Å². The van der Waals surface area contributed by atoms with E-state index in [1.54, 1.807) is 0 Å². The molecule has 3 heteroatoms. The molecule has 0 radical (unpaired) electrons. The van der Waals surface area contributed by atoms with Gasteiger partial charge in [-0.25, -0.2) is 0 Å². The summed E-state index contributed by atoms with van der Waals surface area (Å²) in [5.41, 5.74) is 7.82. The van der Waals surface area contributed by atoms with Crippen LogP contribution in [0.3, 0.4) is 0 Å². The zero-order valence-corrected chi connectivity index (χ0v) is 25.1. The molecule has 1 fully saturated rings. The molecule has 208 valence electrons. The minimum absolute atomic E-state index is 0.0168. The van der Waals surface area contributed by atoms with Crippen LogP contribution in [0.5, 0.6) is 5.75 Å². The average molecular weight is 511 g/mol. The number of aliphatic hydroxyl groups is 2. The minimum atomic E-state index is 0.0168. The first kappa shape index (κ1) is 34.6. The Balaban J connectivity index is 0.00000142. The number of phenols is 1. The summed E-state index contributed by atoms with van der Waals surface area (Å²) in [4.78, 5) is 0. The van der Waals surface area contributed by atoms with Crippen molar-refractivity contribution < 1.29 is 15.3 Å². The molecule has 1 atom stereocenters. The third-order valence-corrected chi connectivity index (χ3v) is 7.39. The van der Waals surface area contributed by atoms with Gasteiger partial charge in [0.2, 0.25) is 0 Å². The summed E-state index contributed by atoms with van der Waals surface area (Å²) in [5, 5.41) is 29.9. The maximum absolute atomic E-state index is 11.0. The number of allylic oxidation sites excluding steroid dienone is 5. The SMILES string of the molecule is C#C.CC(C)CCO.CC/C=C(C)\C(O)=C(/C)C(C(C)=C(C)C)c1cc(C2CCCCC2)c(O)cc1C. The molecular weight excluding hydrogens is 456 g/mol. The molecule has 0 amide bonds. The van der Waals surface area contributed by atoms with E-state index in [1.165, 1.54) is 36.0 Å². The van der Waals surface area contributed by atoms with Crippen molar-refractivity contribution in [2.75, 3.05) is 6.61 Å². The molecule has 0 heterocycles. The maximum atomic E-state index is 11.0. The highest BCUT2D eigenvalue weighted by molar-refractivity contribution is 5.51. The summed E-state index contributed by atoms with van der Waals surface area (Å²) in [7, 11) is 0. The third kappa shape index (κ3) is 10.8. The molecule has 2 rings (SSSR count). The Morgan fingerprint density at radius 2 is 1.57 bits per heavy atom. The zero-order valence-electron chi connectivity index (χ0n) is 25.1. The lowest BCUT2D eigenvalue weighted by atomic mass is 9.77. The summed E-state index contributed by atoms with van der Waals surface area (Å²) in [5.74, 6) is 1.93. The van der Waals surface area contributed by atoms with Gasteiger partial charge in [0.15, 0.2) is 0 Å². The van der Waals surface area contributed by atoms with E-state index in [4.69, 9.17) is 5.11 Å². The highest BCUT2D eigenvalue weighted by Gasteiger charge is 2.26. The van der Waals surface area contributed by atoms with Crippen molar-refractivity contribution in [2.24, 2.45) is 5.92 Å². The second kappa shape index (κ2) is 17.9. The Hall–Kier alpha value is -2.44. The van der Waals surface area contributed by atoms with Crippen LogP contribution in [0.1, 0.15) is 129 Å². The van der Waals surface area contributed by atoms with Crippen LogP contribution >= 0.6 is 0 Å². The van der Waals surface area contributed by atoms with Gasteiger partial charge in [-0.2, -0.15) is 0 Å². The highest BCUT2D eigenvalue weighted by Crippen LogP contribution is 2.43. The molecule has 0 aromatic heterocycles. The number of terminal acetylenes is 1. The third-order valence-electron chi connectivity index (χ3n) is 7.39. The summed E-state index contributed by atoms with van der Waals surface area (Å²) >= 11 is 0. The monoisotopic (exact) mass is 510 g/mol. The number of aliphatic hydroxyl groups excluding tert-OH is 2. The van der Waals surface area contributed by atoms with Gasteiger partial charge in [-0.15, -0.1) is 12.8 Å². The zero-order chi connectivity index (χ0) is 28.7. The molecular formula is C34H54O3. The Kier molecular flexibility index (Phi) is 16.7. The molecule has 1 aliphatic rings. The van der Waals surface area contributed by atoms with Gasteiger partial charge >= 0.3 is 0 Å². The van der Waals surface area contributed by atoms with Crippen LogP contribution in [0.4, 0.5) is 0 Å². The van der Waals surface area contributed by atoms with Gasteiger partial charge in [0.1, 0.15) is 11.5 Å². The molecule has 1 aliphatic carbocycles. The lowest BCUT2D eigenvalue weighted by Crippen LogP contribution is -2.11. The van der Waals surface area contributed by atoms with Crippen LogP contribution in [0, 0.1) is 25.7 Å². The van der Waals surface area contributed by atoms with Gasteiger partial charge in [0, 0.05) is 12.5 Å². The van der Waals surface area contributed by atoms with Crippen LogP contribution in [-0.2, 0) is 0 Å². The Bertz CT molecular complexity index is 933. The standard InChI is InChI=1S/C27H40O2.C5H12O.C2H2/c1-8-12-18(4)27(29)21(7)26(20(6)17(2)3)23-16-24(25(28)15-19(23)5)22-13-10-9-11-14-22;1-5(2)3-4-6;1-2/h12,15-16,22,26,28-29H,8-11,13-14H2,1-7H3;5-6H,3-4H2,1-2H3;1-2H/b18-12-,27-21-;;. The Morgan fingerprint density at radius 3 is 2.00 bits per heavy atom. The van der Waals surface area contributed by atoms with E-state index in [0.29, 0.717) is 30.0 Å². The normalized spacial score (nSPS) is 15.5. The lowest BCUT2D eigenvalue weighted by molar-refractivity contribution is 0.268. The number of phenolic OH excluding ortho intramolecular Hbond substituents is 1. The molecule has 1 unspecified atom stereocenters. The topological polar surface area (TPSA) is 60.7 Å². The Labute approximate surface area is 228 Å². The molecule has 1 aromatic carbocycles. The quantitative estimate of drug-likeness (QED) is 0.141. The molecule has 3 nitrogen and oxygen atoms in total. The number of aromatic hydroxyl groups is 1. The van der Waals surface area contributed by atoms with Gasteiger partial charge in [0.25, 0.3) is 0 Å². The van der Waals surface area contributed by atoms with E-state index in [-0.39, 0.29) is 5.92 Å². The van der Waals surface area contributed by atoms with Crippen LogP contribution in [-0.4, -0.2) is 21.9 Å². The smallest absolute Gasteiger partial charge is 0.119 e. The van der Waals surface area contributed by atoms with Crippen molar-refractivity contribution >= 4 is 0 Å². The van der Waals surface area contributed by atoms with Crippen LogP contribution in [0.15, 0.2) is 46.3 Å². The van der Waals surface area contributed by atoms with Crippen LogP contribution < -0.4 is 0 Å². The van der Waals surface area contributed by atoms with Crippen molar-refractivity contribution in [3.63, 3.8) is 0 Å². The number of hydrogen-bond donors (Lipinski definition) is 3. The highest BCUT2D eigenvalue weighted by atomic mass is 16.3. The Morgan fingerprint density at radius 1 is 1.00 bits per heavy atom. The van der Waals surface area contributed by atoms with E-state index in [2.05, 4.69) is 73.5 Å². The summed E-state index contributed by atoms with van der Waals surface area (Å²) in [6, 6.07) is 4.16. The fourth-order valence-electron chi connectivity index (χ4n) is 4.97. The van der Waals surface area contributed by atoms with Gasteiger partial charge in [0.05, 0.1) is 0 Å². The number of hydrogen-bond acceptors (Lipinski definition) is 3. The first-order valence-electron chi connectivity index (χ1n) is 13.9. The first-order chi connectivity index (χ1) is 17.5. The van der Waals surface area contributed by atoms with E-state index < -0.39 is 0 Å². The minimum Gasteiger partial charge on any atom is -0.508 e. The summed E-state index contributed by atoms with van der Waals surface area (Å²) < 4.78 is 0. The lowest BCUT2D eigenvalue weighted by Gasteiger charge is -2.28. The van der Waals surface area contributed by atoms with Crippen molar-refractivity contribution in [1.82, 2.24) is 0 Å². The predicted octanol–water partition coefficient (Wildman–Crippen LogP) is 9.65. The summed E-state index contributed by atoms with van der Waals surface area (Å²) in [6.07, 6.45) is 18.0. The second-order valence-corrected chi connectivity index (χ2v) is 11.0. The molecule has 0 aliphatic heterocycles. The summed E-state index contributed by atoms with van der Waals surface area (Å²) in [6.45, 7) is 19.2. The first-order valence-corrected chi connectivity index (χ1v) is 13.9. The van der Waals surface area contributed by atoms with Crippen LogP contribution in [0.25, 0.3) is 0 Å². The van der Waals surface area contributed by atoms with Crippen LogP contribution in [0.2, 0.25) is 0 Å².